The molecule has 1 atom stereocenters. The summed E-state index contributed by atoms with van der Waals surface area (Å²) >= 11 is 0. The summed E-state index contributed by atoms with van der Waals surface area (Å²) in [5.41, 5.74) is 0.386. The fraction of sp³-hybridized carbons (Fsp3) is 0.750. The van der Waals surface area contributed by atoms with E-state index in [4.69, 9.17) is 0 Å². The average molecular weight is 165 g/mol. The monoisotopic (exact) mass is 165 g/mol. The molecular weight excluding hydrogens is 144 g/mol. The van der Waals surface area contributed by atoms with Crippen molar-refractivity contribution in [2.45, 2.75) is 47.0 Å². The minimum absolute atomic E-state index is 0.386. The fourth-order valence-corrected chi connectivity index (χ4v) is 0.673. The Hall–Kier alpha value is -0.440. The second-order valence-electron chi connectivity index (χ2n) is 4.36. The Labute approximate surface area is 77.8 Å². The van der Waals surface area contributed by atoms with Crippen LogP contribution in [0.5, 0.6) is 0 Å². The second-order valence-corrected chi connectivity index (χ2v) is 4.36. The van der Waals surface area contributed by atoms with Crippen molar-refractivity contribution < 1.29 is 0 Å². The lowest BCUT2D eigenvalue weighted by Crippen LogP contribution is -2.07. The van der Waals surface area contributed by atoms with Crippen LogP contribution in [0.1, 0.15) is 47.0 Å². The molecule has 0 heterocycles. The Balaban J connectivity index is 3.70. The van der Waals surface area contributed by atoms with Crippen LogP contribution in [0, 0.1) is 30.1 Å². The maximum Gasteiger partial charge on any atom is 0.0140 e. The van der Waals surface area contributed by atoms with Gasteiger partial charge in [-0.15, -0.1) is 11.8 Å². The van der Waals surface area contributed by atoms with E-state index in [-0.39, 0.29) is 0 Å². The molecule has 0 aliphatic rings. The van der Waals surface area contributed by atoms with E-state index in [1.807, 2.05) is 0 Å². The largest absolute Gasteiger partial charge is 0.103 e. The molecule has 0 fully saturated rings. The third kappa shape index (κ3) is 6.28. The minimum atomic E-state index is 0.386. The summed E-state index contributed by atoms with van der Waals surface area (Å²) in [5.74, 6) is 6.84. The molecule has 0 aromatic carbocycles. The molecule has 0 heteroatoms. The first kappa shape index (κ1) is 11.6. The topological polar surface area (TPSA) is 0 Å². The third-order valence-corrected chi connectivity index (χ3v) is 2.10. The smallest absolute Gasteiger partial charge is 0.0140 e. The van der Waals surface area contributed by atoms with Crippen LogP contribution in [-0.2, 0) is 0 Å². The second kappa shape index (κ2) is 5.25. The van der Waals surface area contributed by atoms with Crippen molar-refractivity contribution in [3.8, 4) is 11.8 Å². The molecule has 0 N–H and O–H groups in total. The molecule has 0 saturated heterocycles. The molecule has 0 aromatic heterocycles. The van der Waals surface area contributed by atoms with E-state index in [1.165, 1.54) is 6.42 Å². The summed E-state index contributed by atoms with van der Waals surface area (Å²) in [6.45, 7) is 12.7. The SMILES string of the molecule is [CH2]C(C)CC#CCC(C)(C)CC. The maximum absolute atomic E-state index is 3.89. The summed E-state index contributed by atoms with van der Waals surface area (Å²) in [4.78, 5) is 0. The Morgan fingerprint density at radius 2 is 1.92 bits per heavy atom. The van der Waals surface area contributed by atoms with Crippen molar-refractivity contribution in [2.75, 3.05) is 0 Å². The van der Waals surface area contributed by atoms with Crippen LogP contribution in [0.3, 0.4) is 0 Å². The molecule has 0 nitrogen and oxygen atoms in total. The van der Waals surface area contributed by atoms with Gasteiger partial charge in [-0.25, -0.2) is 0 Å². The molecule has 0 bridgehead atoms. The highest BCUT2D eigenvalue weighted by atomic mass is 14.2. The molecule has 0 saturated carbocycles. The Bertz CT molecular complexity index is 164. The van der Waals surface area contributed by atoms with Gasteiger partial charge in [-0.05, 0) is 18.3 Å². The van der Waals surface area contributed by atoms with Gasteiger partial charge in [0.25, 0.3) is 0 Å². The van der Waals surface area contributed by atoms with E-state index >= 15 is 0 Å². The number of hydrogen-bond acceptors (Lipinski definition) is 0. The highest BCUT2D eigenvalue weighted by Gasteiger charge is 2.12. The lowest BCUT2D eigenvalue weighted by molar-refractivity contribution is 0.362. The van der Waals surface area contributed by atoms with Gasteiger partial charge in [0.2, 0.25) is 0 Å². The van der Waals surface area contributed by atoms with Gasteiger partial charge in [-0.1, -0.05) is 34.1 Å². The van der Waals surface area contributed by atoms with Crippen LogP contribution in [0.2, 0.25) is 0 Å². The maximum atomic E-state index is 3.89. The predicted octanol–water partition coefficient (Wildman–Crippen LogP) is 3.68. The number of rotatable bonds is 3. The molecule has 0 aromatic rings. The zero-order valence-electron chi connectivity index (χ0n) is 8.91. The Kier molecular flexibility index (Phi) is 5.06. The number of hydrogen-bond donors (Lipinski definition) is 0. The summed E-state index contributed by atoms with van der Waals surface area (Å²) in [6, 6.07) is 0. The van der Waals surface area contributed by atoms with Crippen molar-refractivity contribution in [1.82, 2.24) is 0 Å². The standard InChI is InChI=1S/C12H21/c1-6-12(4,5)10-8-7-9-11(2)3/h11H,2,6,9-10H2,1,3-5H3. The normalized spacial score (nSPS) is 11.2. The van der Waals surface area contributed by atoms with E-state index in [0.717, 1.165) is 12.8 Å². The Morgan fingerprint density at radius 1 is 1.33 bits per heavy atom. The molecule has 0 aliphatic heterocycles. The van der Waals surface area contributed by atoms with Crippen molar-refractivity contribution in [3.05, 3.63) is 6.92 Å². The highest BCUT2D eigenvalue weighted by Crippen LogP contribution is 2.23. The lowest BCUT2D eigenvalue weighted by atomic mass is 9.87. The van der Waals surface area contributed by atoms with E-state index in [1.54, 1.807) is 0 Å². The summed E-state index contributed by atoms with van der Waals surface area (Å²) in [6.07, 6.45) is 3.14. The van der Waals surface area contributed by atoms with Crippen LogP contribution in [-0.4, -0.2) is 0 Å². The molecule has 1 unspecified atom stereocenters. The quantitative estimate of drug-likeness (QED) is 0.560. The average Bonchev–Trinajstić information content (AvgIpc) is 1.98. The van der Waals surface area contributed by atoms with Crippen molar-refractivity contribution in [1.29, 1.82) is 0 Å². The molecule has 69 valence electrons. The van der Waals surface area contributed by atoms with Gasteiger partial charge in [-0.3, -0.25) is 0 Å². The van der Waals surface area contributed by atoms with Crippen LogP contribution in [0.25, 0.3) is 0 Å². The van der Waals surface area contributed by atoms with Gasteiger partial charge in [0.05, 0.1) is 0 Å². The zero-order valence-corrected chi connectivity index (χ0v) is 8.91. The van der Waals surface area contributed by atoms with Crippen LogP contribution >= 0.6 is 0 Å². The molecule has 1 radical (unpaired) electrons. The molecule has 12 heavy (non-hydrogen) atoms. The van der Waals surface area contributed by atoms with Gasteiger partial charge >= 0.3 is 0 Å². The fourth-order valence-electron chi connectivity index (χ4n) is 0.673. The highest BCUT2D eigenvalue weighted by molar-refractivity contribution is 5.02. The van der Waals surface area contributed by atoms with Crippen molar-refractivity contribution >= 4 is 0 Å². The first-order valence-corrected chi connectivity index (χ1v) is 4.77. The third-order valence-electron chi connectivity index (χ3n) is 2.10. The molecule has 0 aliphatic carbocycles. The Morgan fingerprint density at radius 3 is 2.33 bits per heavy atom. The van der Waals surface area contributed by atoms with Gasteiger partial charge in [0, 0.05) is 12.8 Å². The van der Waals surface area contributed by atoms with Gasteiger partial charge in [0.1, 0.15) is 0 Å². The molecule has 0 spiro atoms. The van der Waals surface area contributed by atoms with Gasteiger partial charge < -0.3 is 0 Å². The molecular formula is C12H21. The van der Waals surface area contributed by atoms with E-state index in [0.29, 0.717) is 11.3 Å². The molecule has 0 amide bonds. The summed E-state index contributed by atoms with van der Waals surface area (Å²) in [5, 5.41) is 0. The first-order chi connectivity index (χ1) is 5.48. The molecule has 0 rings (SSSR count). The van der Waals surface area contributed by atoms with Crippen LogP contribution in [0.15, 0.2) is 0 Å². The van der Waals surface area contributed by atoms with Gasteiger partial charge in [0.15, 0.2) is 0 Å². The van der Waals surface area contributed by atoms with Crippen LogP contribution < -0.4 is 0 Å². The van der Waals surface area contributed by atoms with Gasteiger partial charge in [-0.2, -0.15) is 0 Å². The predicted molar refractivity (Wildman–Crippen MR) is 55.6 cm³/mol. The first-order valence-electron chi connectivity index (χ1n) is 4.77. The van der Waals surface area contributed by atoms with E-state index in [2.05, 4.69) is 46.5 Å². The van der Waals surface area contributed by atoms with Crippen molar-refractivity contribution in [2.24, 2.45) is 11.3 Å². The zero-order chi connectivity index (χ0) is 9.61. The lowest BCUT2D eigenvalue weighted by Gasteiger charge is -2.18. The summed E-state index contributed by atoms with van der Waals surface area (Å²) < 4.78 is 0. The van der Waals surface area contributed by atoms with E-state index < -0.39 is 0 Å². The van der Waals surface area contributed by atoms with Crippen molar-refractivity contribution in [3.63, 3.8) is 0 Å². The van der Waals surface area contributed by atoms with Crippen LogP contribution in [0.4, 0.5) is 0 Å². The summed E-state index contributed by atoms with van der Waals surface area (Å²) in [7, 11) is 0. The minimum Gasteiger partial charge on any atom is -0.103 e. The van der Waals surface area contributed by atoms with E-state index in [9.17, 15) is 0 Å².